The van der Waals surface area contributed by atoms with Crippen LogP contribution in [0, 0.1) is 0 Å². The van der Waals surface area contributed by atoms with Crippen LogP contribution in [-0.2, 0) is 10.8 Å². The molecule has 4 heteroatoms. The van der Waals surface area contributed by atoms with Crippen molar-refractivity contribution in [3.05, 3.63) is 131 Å². The maximum atomic E-state index is 7.32. The minimum atomic E-state index is -2.11. The Kier molecular flexibility index (Phi) is 5.80. The lowest BCUT2D eigenvalue weighted by Crippen LogP contribution is -2.56. The van der Waals surface area contributed by atoms with Gasteiger partial charge in [0.1, 0.15) is 19.6 Å². The second-order valence-electron chi connectivity index (χ2n) is 15.3. The van der Waals surface area contributed by atoms with Gasteiger partial charge in [0.25, 0.3) is 0 Å². The number of rotatable bonds is 1. The van der Waals surface area contributed by atoms with E-state index < -0.39 is 8.07 Å². The highest BCUT2D eigenvalue weighted by Crippen LogP contribution is 2.60. The average Bonchev–Trinajstić information content (AvgIpc) is 3.47. The van der Waals surface area contributed by atoms with Gasteiger partial charge in [0.05, 0.1) is 0 Å². The van der Waals surface area contributed by atoms with Crippen molar-refractivity contribution in [3.63, 3.8) is 0 Å². The number of ether oxygens (including phenoxy) is 1. The first kappa shape index (κ1) is 29.0. The monoisotopic (exact) mass is 672 g/mol. The zero-order valence-corrected chi connectivity index (χ0v) is 30.8. The van der Waals surface area contributed by atoms with Gasteiger partial charge in [-0.1, -0.05) is 161 Å². The summed E-state index contributed by atoms with van der Waals surface area (Å²) in [7, 11) is -2.11. The maximum Gasteiger partial charge on any atom is 0.135 e. The Labute approximate surface area is 292 Å². The van der Waals surface area contributed by atoms with E-state index in [0.29, 0.717) is 0 Å². The van der Waals surface area contributed by atoms with Gasteiger partial charge in [0.15, 0.2) is 0 Å². The van der Waals surface area contributed by atoms with Crippen LogP contribution >= 0.6 is 23.5 Å². The van der Waals surface area contributed by atoms with Crippen LogP contribution in [-0.4, -0.2) is 8.07 Å². The summed E-state index contributed by atoms with van der Waals surface area (Å²) >= 11 is 3.87. The molecule has 0 aromatic heterocycles. The highest BCUT2D eigenvalue weighted by atomic mass is 32.2. The van der Waals surface area contributed by atoms with Crippen molar-refractivity contribution in [2.24, 2.45) is 0 Å². The molecule has 0 saturated carbocycles. The summed E-state index contributed by atoms with van der Waals surface area (Å²) in [6.45, 7) is 14.5. The van der Waals surface area contributed by atoms with Crippen molar-refractivity contribution in [2.45, 2.75) is 71.2 Å². The summed E-state index contributed by atoms with van der Waals surface area (Å²) in [5, 5.41) is 2.77. The fraction of sp³-hybridized carbons (Fsp3) is 0.182. The summed E-state index contributed by atoms with van der Waals surface area (Å²) in [6, 6.07) is 41.2. The third-order valence-electron chi connectivity index (χ3n) is 11.6. The minimum absolute atomic E-state index is 0.0185. The lowest BCUT2D eigenvalue weighted by atomic mass is 9.82. The SMILES string of the molecule is CC1(C)c2ccccc2-c2c1ccc1c2Oc2c(-c3cccc4c3Sc3c(ccc5c3-c3ccccc3C5(C)C)S4)cccc2[Si]1(C)C. The van der Waals surface area contributed by atoms with Gasteiger partial charge in [0.2, 0.25) is 0 Å². The fourth-order valence-corrected chi connectivity index (χ4v) is 14.4. The second-order valence-corrected chi connectivity index (χ2v) is 21.7. The van der Waals surface area contributed by atoms with E-state index in [2.05, 4.69) is 150 Å². The molecule has 48 heavy (non-hydrogen) atoms. The Morgan fingerprint density at radius 3 is 1.77 bits per heavy atom. The molecule has 0 unspecified atom stereocenters. The molecule has 4 aliphatic rings. The van der Waals surface area contributed by atoms with Crippen molar-refractivity contribution in [1.82, 2.24) is 0 Å². The molecule has 0 saturated heterocycles. The summed E-state index contributed by atoms with van der Waals surface area (Å²) in [4.78, 5) is 5.38. The van der Waals surface area contributed by atoms with Crippen LogP contribution in [0.5, 0.6) is 11.5 Å². The summed E-state index contributed by atoms with van der Waals surface area (Å²) < 4.78 is 7.32. The maximum absolute atomic E-state index is 7.32. The van der Waals surface area contributed by atoms with Crippen molar-refractivity contribution in [1.29, 1.82) is 0 Å². The molecule has 0 radical (unpaired) electrons. The first-order valence-electron chi connectivity index (χ1n) is 16.9. The largest absolute Gasteiger partial charge is 0.456 e. The van der Waals surface area contributed by atoms with Gasteiger partial charge in [0, 0.05) is 52.7 Å². The zero-order valence-electron chi connectivity index (χ0n) is 28.1. The quantitative estimate of drug-likeness (QED) is 0.161. The number of hydrogen-bond donors (Lipinski definition) is 0. The third kappa shape index (κ3) is 3.61. The second kappa shape index (κ2) is 9.59. The topological polar surface area (TPSA) is 9.23 Å². The lowest BCUT2D eigenvalue weighted by molar-refractivity contribution is 0.489. The van der Waals surface area contributed by atoms with Crippen LogP contribution in [0.15, 0.2) is 129 Å². The van der Waals surface area contributed by atoms with Gasteiger partial charge in [-0.05, 0) is 55.9 Å². The molecule has 0 atom stereocenters. The standard InChI is InChI=1S/C44H36OS2Si/c1-43(2)29-17-9-7-13-27(29)37-31(43)22-24-36-40(37)45-39-25(15-12-20-35(39)48(36,5)6)26-16-11-19-33-41(26)47-42-34(46-33)23-21-32-38(42)28-14-8-10-18-30(28)44(32,3)4/h7-24H,1-6H3. The zero-order chi connectivity index (χ0) is 32.7. The van der Waals surface area contributed by atoms with E-state index in [4.69, 9.17) is 4.74 Å². The van der Waals surface area contributed by atoms with E-state index in [1.54, 1.807) is 0 Å². The Hall–Kier alpha value is -3.96. The highest BCUT2D eigenvalue weighted by Gasteiger charge is 2.45. The molecule has 6 aromatic carbocycles. The molecular formula is C44H36OS2Si. The molecular weight excluding hydrogens is 637 g/mol. The summed E-state index contributed by atoms with van der Waals surface area (Å²) in [5.41, 5.74) is 13.4. The fourth-order valence-electron chi connectivity index (χ4n) is 9.02. The predicted molar refractivity (Wildman–Crippen MR) is 205 cm³/mol. The van der Waals surface area contributed by atoms with Gasteiger partial charge in [-0.25, -0.2) is 0 Å². The van der Waals surface area contributed by atoms with Crippen LogP contribution in [0.1, 0.15) is 49.9 Å². The molecule has 0 spiro atoms. The van der Waals surface area contributed by atoms with E-state index in [0.717, 1.165) is 11.5 Å². The molecule has 10 rings (SSSR count). The van der Waals surface area contributed by atoms with E-state index in [-0.39, 0.29) is 10.8 Å². The van der Waals surface area contributed by atoms with Crippen LogP contribution in [0.3, 0.4) is 0 Å². The molecule has 6 aromatic rings. The number of hydrogen-bond acceptors (Lipinski definition) is 3. The molecule has 0 N–H and O–H groups in total. The highest BCUT2D eigenvalue weighted by molar-refractivity contribution is 8.05. The van der Waals surface area contributed by atoms with E-state index in [1.165, 1.54) is 85.6 Å². The van der Waals surface area contributed by atoms with Gasteiger partial charge < -0.3 is 4.74 Å². The predicted octanol–water partition coefficient (Wildman–Crippen LogP) is 11.5. The number of para-hydroxylation sites is 1. The third-order valence-corrected chi connectivity index (χ3v) is 17.8. The number of fused-ring (bicyclic) bond motifs is 12. The minimum Gasteiger partial charge on any atom is -0.456 e. The molecule has 0 fully saturated rings. The van der Waals surface area contributed by atoms with Crippen LogP contribution < -0.4 is 15.1 Å². The van der Waals surface area contributed by atoms with Gasteiger partial charge in [-0.15, -0.1) is 0 Å². The molecule has 0 bridgehead atoms. The van der Waals surface area contributed by atoms with E-state index >= 15 is 0 Å². The van der Waals surface area contributed by atoms with Crippen molar-refractivity contribution >= 4 is 42.0 Å². The summed E-state index contributed by atoms with van der Waals surface area (Å²) in [5.74, 6) is 2.13. The normalized spacial score (nSPS) is 17.5. The van der Waals surface area contributed by atoms with Gasteiger partial charge in [-0.2, -0.15) is 0 Å². The Balaban J connectivity index is 1.16. The van der Waals surface area contributed by atoms with Gasteiger partial charge >= 0.3 is 0 Å². The van der Waals surface area contributed by atoms with Crippen molar-refractivity contribution < 1.29 is 4.74 Å². The number of benzene rings is 6. The van der Waals surface area contributed by atoms with Crippen LogP contribution in [0.25, 0.3) is 33.4 Å². The van der Waals surface area contributed by atoms with Crippen LogP contribution in [0.4, 0.5) is 0 Å². The molecule has 2 aliphatic carbocycles. The summed E-state index contributed by atoms with van der Waals surface area (Å²) in [6.07, 6.45) is 0. The Morgan fingerprint density at radius 2 is 1.02 bits per heavy atom. The van der Waals surface area contributed by atoms with Crippen molar-refractivity contribution in [2.75, 3.05) is 0 Å². The van der Waals surface area contributed by atoms with E-state index in [9.17, 15) is 0 Å². The molecule has 1 nitrogen and oxygen atoms in total. The molecule has 2 heterocycles. The van der Waals surface area contributed by atoms with Crippen molar-refractivity contribution in [3.8, 4) is 44.9 Å². The Morgan fingerprint density at radius 1 is 0.458 bits per heavy atom. The molecule has 234 valence electrons. The Bertz CT molecular complexity index is 2420. The molecule has 2 aliphatic heterocycles. The molecule has 0 amide bonds. The first-order valence-corrected chi connectivity index (χ1v) is 21.6. The first-order chi connectivity index (χ1) is 23.1. The lowest BCUT2D eigenvalue weighted by Gasteiger charge is -2.36. The average molecular weight is 673 g/mol. The van der Waals surface area contributed by atoms with Gasteiger partial charge in [-0.3, -0.25) is 0 Å². The van der Waals surface area contributed by atoms with Crippen LogP contribution in [0.2, 0.25) is 13.1 Å². The smallest absolute Gasteiger partial charge is 0.135 e. The van der Waals surface area contributed by atoms with E-state index in [1.807, 2.05) is 23.5 Å².